The van der Waals surface area contributed by atoms with Gasteiger partial charge in [-0.25, -0.2) is 9.48 Å². The number of amides is 1. The van der Waals surface area contributed by atoms with Crippen molar-refractivity contribution in [1.29, 1.82) is 0 Å². The Labute approximate surface area is 224 Å². The van der Waals surface area contributed by atoms with Crippen molar-refractivity contribution >= 4 is 11.9 Å². The van der Waals surface area contributed by atoms with E-state index in [9.17, 15) is 19.5 Å². The first-order valence-corrected chi connectivity index (χ1v) is 12.5. The number of carbonyl (C=O) groups is 2. The Bertz CT molecular complexity index is 1560. The molecule has 11 heteroatoms. The Balaban J connectivity index is 1.31. The maximum Gasteiger partial charge on any atom is 0.326 e. The van der Waals surface area contributed by atoms with Gasteiger partial charge in [0.2, 0.25) is 5.91 Å². The minimum absolute atomic E-state index is 0.0749. The van der Waals surface area contributed by atoms with Crippen LogP contribution in [0.2, 0.25) is 0 Å². The molecule has 4 aromatic rings. The van der Waals surface area contributed by atoms with Crippen LogP contribution in [0.15, 0.2) is 65.6 Å². The number of aliphatic carboxylic acids is 1. The molecule has 200 valence electrons. The number of nitrogens with zero attached hydrogens (tertiary/aromatic N) is 5. The molecule has 11 nitrogen and oxygen atoms in total. The van der Waals surface area contributed by atoms with Crippen molar-refractivity contribution in [2.75, 3.05) is 7.11 Å². The van der Waals surface area contributed by atoms with Crippen LogP contribution < -0.4 is 15.6 Å². The van der Waals surface area contributed by atoms with Gasteiger partial charge >= 0.3 is 5.97 Å². The molecule has 1 amide bonds. The normalized spacial score (nSPS) is 15.0. The average molecular weight is 529 g/mol. The van der Waals surface area contributed by atoms with Crippen LogP contribution in [0.25, 0.3) is 11.1 Å². The van der Waals surface area contributed by atoms with Crippen LogP contribution >= 0.6 is 0 Å². The topological polar surface area (TPSA) is 141 Å². The molecule has 0 bridgehead atoms. The number of aromatic nitrogens is 5. The molecule has 5 rings (SSSR count). The highest BCUT2D eigenvalue weighted by Crippen LogP contribution is 2.28. The summed E-state index contributed by atoms with van der Waals surface area (Å²) in [6, 6.07) is 15.0. The number of methoxy groups -OCH3 is 1. The number of benzene rings is 2. The first-order chi connectivity index (χ1) is 18.9. The summed E-state index contributed by atoms with van der Waals surface area (Å²) in [5.74, 6) is 0.230. The van der Waals surface area contributed by atoms with Gasteiger partial charge in [-0.05, 0) is 23.1 Å². The quantitative estimate of drug-likeness (QED) is 0.336. The number of carbonyl (C=O) groups excluding carboxylic acids is 1. The van der Waals surface area contributed by atoms with Crippen molar-refractivity contribution in [3.05, 3.63) is 93.9 Å². The van der Waals surface area contributed by atoms with Crippen LogP contribution in [0.1, 0.15) is 35.2 Å². The van der Waals surface area contributed by atoms with Crippen molar-refractivity contribution in [1.82, 2.24) is 29.9 Å². The van der Waals surface area contributed by atoms with Gasteiger partial charge in [0.05, 0.1) is 18.9 Å². The molecule has 0 saturated carbocycles. The van der Waals surface area contributed by atoms with Gasteiger partial charge in [-0.3, -0.25) is 9.59 Å². The molecular formula is C28H28N6O5. The number of carboxylic acids is 1. The molecule has 1 unspecified atom stereocenters. The van der Waals surface area contributed by atoms with Gasteiger partial charge in [-0.15, -0.1) is 10.2 Å². The van der Waals surface area contributed by atoms with Crippen LogP contribution in [0, 0.1) is 0 Å². The molecule has 0 radical (unpaired) electrons. The van der Waals surface area contributed by atoms with Crippen LogP contribution in [0.5, 0.6) is 5.75 Å². The lowest BCUT2D eigenvalue weighted by Gasteiger charge is -2.20. The number of fused-ring (bicyclic) bond motifs is 1. The predicted molar refractivity (Wildman–Crippen MR) is 141 cm³/mol. The van der Waals surface area contributed by atoms with E-state index in [-0.39, 0.29) is 17.9 Å². The van der Waals surface area contributed by atoms with Crippen molar-refractivity contribution in [3.8, 4) is 16.9 Å². The van der Waals surface area contributed by atoms with E-state index in [1.165, 1.54) is 18.0 Å². The average Bonchev–Trinajstić information content (AvgIpc) is 3.54. The Morgan fingerprint density at radius 3 is 2.54 bits per heavy atom. The molecule has 2 atom stereocenters. The first-order valence-electron chi connectivity index (χ1n) is 12.5. The van der Waals surface area contributed by atoms with Crippen LogP contribution in [-0.2, 0) is 35.9 Å². The Hall–Kier alpha value is -4.80. The molecule has 1 aliphatic rings. The number of hydrogen-bond acceptors (Lipinski definition) is 7. The Morgan fingerprint density at radius 2 is 1.85 bits per heavy atom. The van der Waals surface area contributed by atoms with E-state index in [4.69, 9.17) is 4.74 Å². The predicted octanol–water partition coefficient (Wildman–Crippen LogP) is 1.94. The number of ether oxygens (including phenoxy) is 1. The van der Waals surface area contributed by atoms with Crippen LogP contribution in [0.4, 0.5) is 0 Å². The Kier molecular flexibility index (Phi) is 7.22. The third-order valence-electron chi connectivity index (χ3n) is 6.92. The van der Waals surface area contributed by atoms with Gasteiger partial charge in [-0.1, -0.05) is 54.6 Å². The van der Waals surface area contributed by atoms with Crippen LogP contribution in [-0.4, -0.2) is 54.7 Å². The summed E-state index contributed by atoms with van der Waals surface area (Å²) < 4.78 is 8.35. The van der Waals surface area contributed by atoms with E-state index in [0.29, 0.717) is 47.5 Å². The third kappa shape index (κ3) is 5.28. The molecule has 0 saturated heterocycles. The maximum atomic E-state index is 13.3. The van der Waals surface area contributed by atoms with Crippen LogP contribution in [0.3, 0.4) is 0 Å². The lowest BCUT2D eigenvalue weighted by molar-refractivity contribution is -0.142. The fourth-order valence-corrected chi connectivity index (χ4v) is 4.89. The summed E-state index contributed by atoms with van der Waals surface area (Å²) in [5, 5.41) is 25.1. The van der Waals surface area contributed by atoms with E-state index < -0.39 is 18.1 Å². The smallest absolute Gasteiger partial charge is 0.326 e. The van der Waals surface area contributed by atoms with Crippen molar-refractivity contribution in [3.63, 3.8) is 0 Å². The highest BCUT2D eigenvalue weighted by atomic mass is 16.5. The van der Waals surface area contributed by atoms with Gasteiger partial charge < -0.3 is 19.7 Å². The highest BCUT2D eigenvalue weighted by Gasteiger charge is 2.34. The zero-order valence-corrected chi connectivity index (χ0v) is 21.6. The number of aryl methyl sites for hydroxylation is 2. The van der Waals surface area contributed by atoms with Gasteiger partial charge in [0.15, 0.2) is 5.75 Å². The second-order valence-corrected chi connectivity index (χ2v) is 9.44. The summed E-state index contributed by atoms with van der Waals surface area (Å²) in [6.45, 7) is 0. The fourth-order valence-electron chi connectivity index (χ4n) is 4.89. The van der Waals surface area contributed by atoms with E-state index in [1.54, 1.807) is 31.3 Å². The molecule has 0 aliphatic carbocycles. The minimum atomic E-state index is -1.14. The van der Waals surface area contributed by atoms with E-state index in [1.807, 2.05) is 34.9 Å². The summed E-state index contributed by atoms with van der Waals surface area (Å²) in [7, 11) is 3.02. The highest BCUT2D eigenvalue weighted by molar-refractivity contribution is 5.86. The molecule has 3 heterocycles. The fraction of sp³-hybridized carbons (Fsp3) is 0.286. The standard InChI is InChI=1S/C28H28N6O5/c1-33-27(36)25(22(39-2)16-29-33)19-10-8-18(9-11-19)14-20(28(37)38)30-26(35)21-12-13-23-31-32-24(34(21)23)15-17-6-4-3-5-7-17/h3-11,16,20-21H,12-15H2,1-2H3,(H,30,35)(H,37,38)/t20-,21?/m0/s1. The SMILES string of the molecule is COc1cnn(C)c(=O)c1-c1ccc(C[C@H](NC(=O)C2CCc3nnc(Cc4ccccc4)n32)C(=O)O)cc1. The molecule has 0 fully saturated rings. The zero-order chi connectivity index (χ0) is 27.5. The molecular weight excluding hydrogens is 500 g/mol. The van der Waals surface area contributed by atoms with Crippen molar-refractivity contribution in [2.45, 2.75) is 37.8 Å². The number of nitrogens with one attached hydrogen (secondary N) is 1. The van der Waals surface area contributed by atoms with Crippen molar-refractivity contribution < 1.29 is 19.4 Å². The summed E-state index contributed by atoms with van der Waals surface area (Å²) in [5.41, 5.74) is 2.41. The lowest BCUT2D eigenvalue weighted by Crippen LogP contribution is -2.45. The molecule has 39 heavy (non-hydrogen) atoms. The Morgan fingerprint density at radius 1 is 1.10 bits per heavy atom. The van der Waals surface area contributed by atoms with Gasteiger partial charge in [-0.2, -0.15) is 5.10 Å². The van der Waals surface area contributed by atoms with Gasteiger partial charge in [0.1, 0.15) is 23.7 Å². The number of hydrogen-bond donors (Lipinski definition) is 2. The summed E-state index contributed by atoms with van der Waals surface area (Å²) >= 11 is 0. The molecule has 2 aromatic carbocycles. The number of carboxylic acid groups (broad SMARTS) is 1. The summed E-state index contributed by atoms with van der Waals surface area (Å²) in [4.78, 5) is 38.0. The monoisotopic (exact) mass is 528 g/mol. The lowest BCUT2D eigenvalue weighted by atomic mass is 10.0. The zero-order valence-electron chi connectivity index (χ0n) is 21.6. The van der Waals surface area contributed by atoms with Crippen molar-refractivity contribution in [2.24, 2.45) is 7.05 Å². The molecule has 1 aliphatic heterocycles. The van der Waals surface area contributed by atoms with Gasteiger partial charge in [0, 0.05) is 26.3 Å². The second kappa shape index (κ2) is 10.9. The van der Waals surface area contributed by atoms with E-state index in [0.717, 1.165) is 11.4 Å². The first kappa shape index (κ1) is 25.8. The van der Waals surface area contributed by atoms with E-state index in [2.05, 4.69) is 20.6 Å². The maximum absolute atomic E-state index is 13.3. The van der Waals surface area contributed by atoms with Gasteiger partial charge in [0.25, 0.3) is 5.56 Å². The van der Waals surface area contributed by atoms with E-state index >= 15 is 0 Å². The minimum Gasteiger partial charge on any atom is -0.494 e. The second-order valence-electron chi connectivity index (χ2n) is 9.44. The molecule has 0 spiro atoms. The third-order valence-corrected chi connectivity index (χ3v) is 6.92. The number of rotatable bonds is 9. The molecule has 2 aromatic heterocycles. The largest absolute Gasteiger partial charge is 0.494 e. The summed E-state index contributed by atoms with van der Waals surface area (Å²) in [6.07, 6.45) is 3.19. The molecule has 2 N–H and O–H groups in total.